The normalized spacial score (nSPS) is 19.2. The van der Waals surface area contributed by atoms with Gasteiger partial charge in [-0.15, -0.1) is 0 Å². The van der Waals surface area contributed by atoms with E-state index in [1.807, 2.05) is 0 Å². The number of rotatable bonds is 10. The molecule has 0 aromatic carbocycles. The Labute approximate surface area is 116 Å². The van der Waals surface area contributed by atoms with E-state index in [4.69, 9.17) is 8.85 Å². The predicted octanol–water partition coefficient (Wildman–Crippen LogP) is 1.93. The van der Waals surface area contributed by atoms with Gasteiger partial charge in [0.2, 0.25) is 0 Å². The lowest BCUT2D eigenvalue weighted by atomic mass is 10.0. The highest BCUT2D eigenvalue weighted by molar-refractivity contribution is 6.44. The molecule has 19 heavy (non-hydrogen) atoms. The molecule has 0 aromatic heterocycles. The molecule has 0 saturated carbocycles. The summed E-state index contributed by atoms with van der Waals surface area (Å²) in [5.41, 5.74) is 0. The van der Waals surface area contributed by atoms with Gasteiger partial charge < -0.3 is 13.6 Å². The Morgan fingerprint density at radius 1 is 1.21 bits per heavy atom. The van der Waals surface area contributed by atoms with Gasteiger partial charge in [-0.1, -0.05) is 20.3 Å². The number of hydrogen-bond acceptors (Lipinski definition) is 5. The first-order valence-electron chi connectivity index (χ1n) is 7.15. The largest absolute Gasteiger partial charge is 0.397 e. The van der Waals surface area contributed by atoms with E-state index in [1.165, 1.54) is 0 Å². The Hall–Kier alpha value is -0.723. The Bertz CT molecular complexity index is 287. The van der Waals surface area contributed by atoms with Gasteiger partial charge in [0.15, 0.2) is 0 Å². The summed E-state index contributed by atoms with van der Waals surface area (Å²) < 4.78 is 16.0. The summed E-state index contributed by atoms with van der Waals surface area (Å²) in [6, 6.07) is 0.887. The van der Waals surface area contributed by atoms with Gasteiger partial charge in [0.25, 0.3) is 0 Å². The topological polar surface area (TPSA) is 61.8 Å². The quantitative estimate of drug-likeness (QED) is 0.349. The molecule has 0 spiro atoms. The maximum atomic E-state index is 11.3. The Balaban J connectivity index is 2.22. The van der Waals surface area contributed by atoms with E-state index in [9.17, 15) is 9.59 Å². The van der Waals surface area contributed by atoms with Crippen LogP contribution in [0.5, 0.6) is 0 Å². The van der Waals surface area contributed by atoms with Crippen molar-refractivity contribution < 1.29 is 23.2 Å². The van der Waals surface area contributed by atoms with Crippen molar-refractivity contribution in [3.63, 3.8) is 0 Å². The van der Waals surface area contributed by atoms with Crippen molar-refractivity contribution in [1.29, 1.82) is 0 Å². The lowest BCUT2D eigenvalue weighted by Gasteiger charge is -2.16. The van der Waals surface area contributed by atoms with Crippen molar-refractivity contribution in [2.45, 2.75) is 52.0 Å². The molecular formula is C13H24O5Si. The van der Waals surface area contributed by atoms with E-state index in [0.717, 1.165) is 38.5 Å². The number of cyclic esters (lactones) is 2. The van der Waals surface area contributed by atoms with Gasteiger partial charge in [0.1, 0.15) is 0 Å². The van der Waals surface area contributed by atoms with Crippen molar-refractivity contribution in [3.05, 3.63) is 0 Å². The van der Waals surface area contributed by atoms with Crippen LogP contribution in [0.15, 0.2) is 0 Å². The average Bonchev–Trinajstić information content (AvgIpc) is 2.70. The molecule has 1 heterocycles. The summed E-state index contributed by atoms with van der Waals surface area (Å²) >= 11 is 0. The van der Waals surface area contributed by atoms with E-state index in [1.54, 1.807) is 0 Å². The molecule has 1 fully saturated rings. The van der Waals surface area contributed by atoms with Crippen molar-refractivity contribution in [2.75, 3.05) is 13.2 Å². The SMILES string of the molecule is CCCO[SiH](CCCC1CC(=O)OC1=O)OCCC. The first-order valence-corrected chi connectivity index (χ1v) is 8.91. The van der Waals surface area contributed by atoms with Crippen LogP contribution >= 0.6 is 0 Å². The first-order chi connectivity index (χ1) is 9.17. The highest BCUT2D eigenvalue weighted by Crippen LogP contribution is 2.22. The molecule has 0 N–H and O–H groups in total. The average molecular weight is 288 g/mol. The predicted molar refractivity (Wildman–Crippen MR) is 72.9 cm³/mol. The summed E-state index contributed by atoms with van der Waals surface area (Å²) in [4.78, 5) is 22.3. The molecule has 0 aromatic rings. The van der Waals surface area contributed by atoms with Gasteiger partial charge in [-0.25, -0.2) is 0 Å². The van der Waals surface area contributed by atoms with Gasteiger partial charge in [-0.05, 0) is 25.3 Å². The second-order valence-electron chi connectivity index (χ2n) is 4.80. The number of esters is 2. The lowest BCUT2D eigenvalue weighted by molar-refractivity contribution is -0.153. The third-order valence-electron chi connectivity index (χ3n) is 2.97. The smallest absolute Gasteiger partial charge is 0.321 e. The summed E-state index contributed by atoms with van der Waals surface area (Å²) in [7, 11) is -1.60. The van der Waals surface area contributed by atoms with Crippen molar-refractivity contribution in [3.8, 4) is 0 Å². The van der Waals surface area contributed by atoms with Crippen LogP contribution in [0.1, 0.15) is 46.0 Å². The molecule has 1 unspecified atom stereocenters. The van der Waals surface area contributed by atoms with Crippen LogP contribution in [0, 0.1) is 5.92 Å². The van der Waals surface area contributed by atoms with E-state index < -0.39 is 15.3 Å². The van der Waals surface area contributed by atoms with Crippen LogP contribution in [-0.4, -0.2) is 34.4 Å². The molecule has 0 amide bonds. The van der Waals surface area contributed by atoms with E-state index in [2.05, 4.69) is 18.6 Å². The summed E-state index contributed by atoms with van der Waals surface area (Å²) in [5.74, 6) is -1.01. The molecule has 6 heteroatoms. The molecule has 110 valence electrons. The molecular weight excluding hydrogens is 264 g/mol. The zero-order valence-corrected chi connectivity index (χ0v) is 13.0. The maximum absolute atomic E-state index is 11.3. The van der Waals surface area contributed by atoms with Crippen LogP contribution in [0.2, 0.25) is 6.04 Å². The lowest BCUT2D eigenvalue weighted by Crippen LogP contribution is -2.24. The van der Waals surface area contributed by atoms with Gasteiger partial charge in [-0.3, -0.25) is 9.59 Å². The molecule has 1 aliphatic heterocycles. The monoisotopic (exact) mass is 288 g/mol. The number of ether oxygens (including phenoxy) is 1. The Kier molecular flexibility index (Phi) is 7.93. The third-order valence-corrected chi connectivity index (χ3v) is 5.06. The molecule has 1 saturated heterocycles. The molecule has 1 atom stereocenters. The molecule has 5 nitrogen and oxygen atoms in total. The Morgan fingerprint density at radius 2 is 1.84 bits per heavy atom. The van der Waals surface area contributed by atoms with Gasteiger partial charge in [-0.2, -0.15) is 0 Å². The van der Waals surface area contributed by atoms with Crippen LogP contribution < -0.4 is 0 Å². The minimum absolute atomic E-state index is 0.233. The Morgan fingerprint density at radius 3 is 2.32 bits per heavy atom. The fourth-order valence-corrected chi connectivity index (χ4v) is 3.98. The molecule has 0 radical (unpaired) electrons. The van der Waals surface area contributed by atoms with Crippen LogP contribution in [0.25, 0.3) is 0 Å². The molecule has 1 rings (SSSR count). The van der Waals surface area contributed by atoms with Crippen LogP contribution in [0.3, 0.4) is 0 Å². The van der Waals surface area contributed by atoms with E-state index >= 15 is 0 Å². The zero-order chi connectivity index (χ0) is 14.1. The molecule has 0 bridgehead atoms. The summed E-state index contributed by atoms with van der Waals surface area (Å²) in [5, 5.41) is 0. The fraction of sp³-hybridized carbons (Fsp3) is 0.846. The fourth-order valence-electron chi connectivity index (χ4n) is 1.99. The van der Waals surface area contributed by atoms with Crippen molar-refractivity contribution in [2.24, 2.45) is 5.92 Å². The number of carbonyl (C=O) groups excluding carboxylic acids is 2. The highest BCUT2D eigenvalue weighted by Gasteiger charge is 2.32. The van der Waals surface area contributed by atoms with E-state index in [0.29, 0.717) is 6.42 Å². The number of hydrogen-bond donors (Lipinski definition) is 0. The standard InChI is InChI=1S/C13H24O5Si/c1-3-7-16-19(17-8-4-2)9-5-6-11-10-12(14)18-13(11)15/h11,19H,3-10H2,1-2H3. The van der Waals surface area contributed by atoms with Gasteiger partial charge in [0, 0.05) is 13.2 Å². The van der Waals surface area contributed by atoms with Crippen LogP contribution in [-0.2, 0) is 23.2 Å². The minimum atomic E-state index is -1.60. The highest BCUT2D eigenvalue weighted by atomic mass is 28.3. The third kappa shape index (κ3) is 6.31. The minimum Gasteiger partial charge on any atom is -0.397 e. The van der Waals surface area contributed by atoms with Gasteiger partial charge >= 0.3 is 21.2 Å². The van der Waals surface area contributed by atoms with Crippen molar-refractivity contribution in [1.82, 2.24) is 0 Å². The van der Waals surface area contributed by atoms with Crippen LogP contribution in [0.4, 0.5) is 0 Å². The maximum Gasteiger partial charge on any atom is 0.321 e. The molecule has 1 aliphatic rings. The zero-order valence-electron chi connectivity index (χ0n) is 11.9. The first kappa shape index (κ1) is 16.3. The van der Waals surface area contributed by atoms with Crippen molar-refractivity contribution >= 4 is 21.2 Å². The second-order valence-corrected chi connectivity index (χ2v) is 6.90. The summed E-state index contributed by atoms with van der Waals surface area (Å²) in [6.45, 7) is 5.63. The number of carbonyl (C=O) groups is 2. The van der Waals surface area contributed by atoms with Gasteiger partial charge in [0.05, 0.1) is 12.3 Å². The summed E-state index contributed by atoms with van der Waals surface area (Å²) in [6.07, 6.45) is 3.76. The molecule has 0 aliphatic carbocycles. The second kappa shape index (κ2) is 9.22. The van der Waals surface area contributed by atoms with E-state index in [-0.39, 0.29) is 18.3 Å².